The van der Waals surface area contributed by atoms with Crippen molar-refractivity contribution in [2.45, 2.75) is 20.8 Å². The van der Waals surface area contributed by atoms with E-state index >= 15 is 0 Å². The molecule has 0 amide bonds. The van der Waals surface area contributed by atoms with Gasteiger partial charge in [0.25, 0.3) is 0 Å². The quantitative estimate of drug-likeness (QED) is 0.792. The van der Waals surface area contributed by atoms with Crippen LogP contribution in [0.3, 0.4) is 0 Å². The summed E-state index contributed by atoms with van der Waals surface area (Å²) in [6, 6.07) is 8.24. The Hall–Kier alpha value is -2.10. The second-order valence-electron chi connectivity index (χ2n) is 4.59. The topological polar surface area (TPSA) is 18.5 Å². The number of aryl methyl sites for hydroxylation is 1. The SMILES string of the molecule is CCOc1ccc(-c2ccc(OCC)c(F)c2F)cc1C. The Morgan fingerprint density at radius 3 is 2.10 bits per heavy atom. The third kappa shape index (κ3) is 3.15. The van der Waals surface area contributed by atoms with Crippen LogP contribution >= 0.6 is 0 Å². The lowest BCUT2D eigenvalue weighted by molar-refractivity contribution is 0.314. The first-order valence-electron chi connectivity index (χ1n) is 6.93. The zero-order valence-electron chi connectivity index (χ0n) is 12.4. The Kier molecular flexibility index (Phi) is 4.78. The molecule has 21 heavy (non-hydrogen) atoms. The molecule has 0 fully saturated rings. The van der Waals surface area contributed by atoms with Crippen LogP contribution in [0.5, 0.6) is 11.5 Å². The summed E-state index contributed by atoms with van der Waals surface area (Å²) in [6.07, 6.45) is 0. The van der Waals surface area contributed by atoms with E-state index in [1.54, 1.807) is 25.1 Å². The van der Waals surface area contributed by atoms with E-state index in [2.05, 4.69) is 0 Å². The summed E-state index contributed by atoms with van der Waals surface area (Å²) < 4.78 is 38.6. The van der Waals surface area contributed by atoms with Crippen LogP contribution in [0.2, 0.25) is 0 Å². The Bertz CT molecular complexity index is 639. The van der Waals surface area contributed by atoms with E-state index in [0.29, 0.717) is 12.2 Å². The highest BCUT2D eigenvalue weighted by Crippen LogP contribution is 2.32. The molecule has 2 nitrogen and oxygen atoms in total. The summed E-state index contributed by atoms with van der Waals surface area (Å²) in [6.45, 7) is 6.34. The van der Waals surface area contributed by atoms with Gasteiger partial charge >= 0.3 is 0 Å². The molecule has 0 spiro atoms. The second kappa shape index (κ2) is 6.57. The molecule has 0 aliphatic heterocycles. The van der Waals surface area contributed by atoms with Crippen molar-refractivity contribution < 1.29 is 18.3 Å². The zero-order chi connectivity index (χ0) is 15.4. The van der Waals surface area contributed by atoms with Gasteiger partial charge in [0.05, 0.1) is 13.2 Å². The fraction of sp³-hybridized carbons (Fsp3) is 0.294. The number of ether oxygens (including phenoxy) is 2. The summed E-state index contributed by atoms with van der Waals surface area (Å²) in [5.41, 5.74) is 1.69. The van der Waals surface area contributed by atoms with Gasteiger partial charge in [0.2, 0.25) is 5.82 Å². The molecular formula is C17H18F2O2. The number of halogens is 2. The van der Waals surface area contributed by atoms with Crippen LogP contribution in [0.1, 0.15) is 19.4 Å². The van der Waals surface area contributed by atoms with Crippen LogP contribution in [0.4, 0.5) is 8.78 Å². The average molecular weight is 292 g/mol. The van der Waals surface area contributed by atoms with E-state index in [4.69, 9.17) is 9.47 Å². The molecule has 0 saturated heterocycles. The third-order valence-corrected chi connectivity index (χ3v) is 3.13. The molecule has 2 aromatic rings. The lowest BCUT2D eigenvalue weighted by Gasteiger charge is -2.12. The lowest BCUT2D eigenvalue weighted by Crippen LogP contribution is -1.99. The van der Waals surface area contributed by atoms with Gasteiger partial charge in [-0.25, -0.2) is 4.39 Å². The van der Waals surface area contributed by atoms with Crippen molar-refractivity contribution in [1.82, 2.24) is 0 Å². The highest BCUT2D eigenvalue weighted by Gasteiger charge is 2.16. The molecule has 0 unspecified atom stereocenters. The molecule has 0 radical (unpaired) electrons. The molecule has 0 aliphatic carbocycles. The van der Waals surface area contributed by atoms with Gasteiger partial charge in [-0.2, -0.15) is 4.39 Å². The van der Waals surface area contributed by atoms with Crippen molar-refractivity contribution in [3.63, 3.8) is 0 Å². The average Bonchev–Trinajstić information content (AvgIpc) is 2.47. The monoisotopic (exact) mass is 292 g/mol. The van der Waals surface area contributed by atoms with Crippen molar-refractivity contribution >= 4 is 0 Å². The third-order valence-electron chi connectivity index (χ3n) is 3.13. The van der Waals surface area contributed by atoms with Crippen LogP contribution < -0.4 is 9.47 Å². The fourth-order valence-electron chi connectivity index (χ4n) is 2.16. The summed E-state index contributed by atoms with van der Waals surface area (Å²) in [7, 11) is 0. The predicted octanol–water partition coefficient (Wildman–Crippen LogP) is 4.74. The van der Waals surface area contributed by atoms with Crippen LogP contribution in [-0.4, -0.2) is 13.2 Å². The Labute approximate surface area is 123 Å². The second-order valence-corrected chi connectivity index (χ2v) is 4.59. The number of benzene rings is 2. The summed E-state index contributed by atoms with van der Waals surface area (Å²) in [5, 5.41) is 0. The molecule has 0 bridgehead atoms. The van der Waals surface area contributed by atoms with Gasteiger partial charge in [-0.3, -0.25) is 0 Å². The van der Waals surface area contributed by atoms with Gasteiger partial charge in [-0.05, 0) is 56.2 Å². The smallest absolute Gasteiger partial charge is 0.201 e. The molecule has 2 aromatic carbocycles. The van der Waals surface area contributed by atoms with E-state index < -0.39 is 11.6 Å². The van der Waals surface area contributed by atoms with E-state index in [1.807, 2.05) is 13.8 Å². The normalized spacial score (nSPS) is 10.5. The van der Waals surface area contributed by atoms with Gasteiger partial charge in [0.1, 0.15) is 5.75 Å². The molecule has 4 heteroatoms. The Morgan fingerprint density at radius 2 is 1.48 bits per heavy atom. The first kappa shape index (κ1) is 15.3. The molecule has 0 N–H and O–H groups in total. The van der Waals surface area contributed by atoms with Crippen molar-refractivity contribution in [2.24, 2.45) is 0 Å². The highest BCUT2D eigenvalue weighted by atomic mass is 19.2. The minimum atomic E-state index is -0.958. The highest BCUT2D eigenvalue weighted by molar-refractivity contribution is 5.67. The van der Waals surface area contributed by atoms with Crippen molar-refractivity contribution in [3.05, 3.63) is 47.5 Å². The van der Waals surface area contributed by atoms with Crippen LogP contribution in [-0.2, 0) is 0 Å². The molecule has 0 aliphatic rings. The summed E-state index contributed by atoms with van der Waals surface area (Å²) in [4.78, 5) is 0. The van der Waals surface area contributed by atoms with E-state index in [9.17, 15) is 8.78 Å². The largest absolute Gasteiger partial charge is 0.494 e. The maximum atomic E-state index is 14.2. The summed E-state index contributed by atoms with van der Waals surface area (Å²) in [5.74, 6) is -1.18. The standard InChI is InChI=1S/C17H18F2O2/c1-4-20-14-8-6-12(10-11(14)3)13-7-9-15(21-5-2)17(19)16(13)18/h6-10H,4-5H2,1-3H3. The molecule has 0 saturated carbocycles. The zero-order valence-corrected chi connectivity index (χ0v) is 12.4. The van der Waals surface area contributed by atoms with Crippen LogP contribution in [0.15, 0.2) is 30.3 Å². The first-order valence-corrected chi connectivity index (χ1v) is 6.93. The van der Waals surface area contributed by atoms with Gasteiger partial charge in [0.15, 0.2) is 11.6 Å². The molecule has 0 heterocycles. The molecular weight excluding hydrogens is 274 g/mol. The number of hydrogen-bond donors (Lipinski definition) is 0. The Balaban J connectivity index is 2.43. The van der Waals surface area contributed by atoms with Crippen molar-refractivity contribution in [2.75, 3.05) is 13.2 Å². The van der Waals surface area contributed by atoms with Gasteiger partial charge in [-0.1, -0.05) is 6.07 Å². The van der Waals surface area contributed by atoms with E-state index in [-0.39, 0.29) is 17.9 Å². The summed E-state index contributed by atoms with van der Waals surface area (Å²) >= 11 is 0. The minimum Gasteiger partial charge on any atom is -0.494 e. The van der Waals surface area contributed by atoms with Gasteiger partial charge in [0, 0.05) is 5.56 Å². The fourth-order valence-corrected chi connectivity index (χ4v) is 2.16. The van der Waals surface area contributed by atoms with Gasteiger partial charge < -0.3 is 9.47 Å². The van der Waals surface area contributed by atoms with E-state index in [0.717, 1.165) is 11.3 Å². The van der Waals surface area contributed by atoms with Crippen LogP contribution in [0, 0.1) is 18.6 Å². The van der Waals surface area contributed by atoms with E-state index in [1.165, 1.54) is 12.1 Å². The molecule has 2 rings (SSSR count). The minimum absolute atomic E-state index is 0.0681. The predicted molar refractivity (Wildman–Crippen MR) is 78.9 cm³/mol. The number of rotatable bonds is 5. The van der Waals surface area contributed by atoms with Crippen molar-refractivity contribution in [1.29, 1.82) is 0 Å². The maximum Gasteiger partial charge on any atom is 0.201 e. The molecule has 0 aromatic heterocycles. The molecule has 112 valence electrons. The molecule has 0 atom stereocenters. The first-order chi connectivity index (χ1) is 10.1. The maximum absolute atomic E-state index is 14.2. The lowest BCUT2D eigenvalue weighted by atomic mass is 10.0. The Morgan fingerprint density at radius 1 is 0.857 bits per heavy atom. The van der Waals surface area contributed by atoms with Gasteiger partial charge in [-0.15, -0.1) is 0 Å². The van der Waals surface area contributed by atoms with Crippen LogP contribution in [0.25, 0.3) is 11.1 Å². The van der Waals surface area contributed by atoms with Crippen molar-refractivity contribution in [3.8, 4) is 22.6 Å². The number of hydrogen-bond acceptors (Lipinski definition) is 2.